The lowest BCUT2D eigenvalue weighted by Gasteiger charge is -2.24. The van der Waals surface area contributed by atoms with E-state index in [4.69, 9.17) is 11.6 Å². The van der Waals surface area contributed by atoms with E-state index in [0.29, 0.717) is 28.2 Å². The predicted octanol–water partition coefficient (Wildman–Crippen LogP) is 3.72. The van der Waals surface area contributed by atoms with Crippen LogP contribution in [0, 0.1) is 0 Å². The van der Waals surface area contributed by atoms with Crippen molar-refractivity contribution in [3.63, 3.8) is 0 Å². The second-order valence-corrected chi connectivity index (χ2v) is 7.43. The van der Waals surface area contributed by atoms with Crippen LogP contribution < -0.4 is 14.9 Å². The van der Waals surface area contributed by atoms with Crippen molar-refractivity contribution in [1.29, 1.82) is 0 Å². The molecule has 3 N–H and O–H groups in total. The van der Waals surface area contributed by atoms with Crippen LogP contribution in [0.3, 0.4) is 0 Å². The Labute approximate surface area is 173 Å². The molecule has 0 saturated carbocycles. The highest BCUT2D eigenvalue weighted by molar-refractivity contribution is 7.80. The van der Waals surface area contributed by atoms with Gasteiger partial charge in [0.2, 0.25) is 5.95 Å². The predicted molar refractivity (Wildman–Crippen MR) is 113 cm³/mol. The largest absolute Gasteiger partial charge is 0.755 e. The van der Waals surface area contributed by atoms with Crippen LogP contribution in [-0.2, 0) is 11.3 Å². The van der Waals surface area contributed by atoms with Gasteiger partial charge in [-0.25, -0.2) is 4.98 Å². The van der Waals surface area contributed by atoms with Crippen molar-refractivity contribution in [1.82, 2.24) is 20.2 Å². The lowest BCUT2D eigenvalue weighted by atomic mass is 10.2. The van der Waals surface area contributed by atoms with Crippen LogP contribution in [0.4, 0.5) is 28.8 Å². The van der Waals surface area contributed by atoms with Gasteiger partial charge in [-0.1, -0.05) is 23.7 Å². The number of nitrogens with one attached hydrogen (secondary N) is 3. The third-order valence-electron chi connectivity index (χ3n) is 4.16. The molecule has 0 fully saturated rings. The number of hydrogen-bond acceptors (Lipinski definition) is 7. The van der Waals surface area contributed by atoms with Crippen molar-refractivity contribution in [3.8, 4) is 0 Å². The SMILES string of the molecule is CN(c1ccccc1Nc1nc(Nc2ccc3cn[nH]c3c2)ncc1Cl)S(=O)[O-]. The molecule has 9 nitrogen and oxygen atoms in total. The molecule has 4 rings (SSSR count). The minimum atomic E-state index is -2.42. The van der Waals surface area contributed by atoms with Crippen LogP contribution in [-0.4, -0.2) is 36.0 Å². The Balaban J connectivity index is 1.62. The smallest absolute Gasteiger partial charge is 0.229 e. The second kappa shape index (κ2) is 8.03. The van der Waals surface area contributed by atoms with Gasteiger partial charge in [-0.15, -0.1) is 0 Å². The molecular formula is C18H15ClN7O2S-. The first-order valence-corrected chi connectivity index (χ1v) is 9.84. The fraction of sp³-hybridized carbons (Fsp3) is 0.0556. The van der Waals surface area contributed by atoms with Gasteiger partial charge in [-0.05, 0) is 30.3 Å². The lowest BCUT2D eigenvalue weighted by Crippen LogP contribution is -2.20. The molecule has 2 heterocycles. The third kappa shape index (κ3) is 4.14. The number of benzene rings is 2. The molecule has 0 amide bonds. The average Bonchev–Trinajstić information content (AvgIpc) is 3.18. The molecule has 0 bridgehead atoms. The number of halogens is 1. The number of nitrogens with zero attached hydrogens (tertiary/aromatic N) is 4. The molecule has 29 heavy (non-hydrogen) atoms. The number of para-hydroxylation sites is 2. The van der Waals surface area contributed by atoms with Crippen LogP contribution in [0.25, 0.3) is 10.9 Å². The van der Waals surface area contributed by atoms with Crippen LogP contribution in [0.15, 0.2) is 54.9 Å². The summed E-state index contributed by atoms with van der Waals surface area (Å²) < 4.78 is 23.8. The summed E-state index contributed by atoms with van der Waals surface area (Å²) in [5, 5.41) is 14.4. The number of fused-ring (bicyclic) bond motifs is 1. The molecule has 0 spiro atoms. The molecule has 2 aromatic carbocycles. The fourth-order valence-electron chi connectivity index (χ4n) is 2.72. The Bertz CT molecular complexity index is 1200. The molecule has 4 aromatic rings. The van der Waals surface area contributed by atoms with Crippen molar-refractivity contribution < 1.29 is 8.76 Å². The van der Waals surface area contributed by atoms with Crippen LogP contribution in [0.1, 0.15) is 0 Å². The van der Waals surface area contributed by atoms with E-state index in [-0.39, 0.29) is 0 Å². The van der Waals surface area contributed by atoms with Gasteiger partial charge in [0.25, 0.3) is 0 Å². The van der Waals surface area contributed by atoms with Gasteiger partial charge in [0.15, 0.2) is 5.82 Å². The van der Waals surface area contributed by atoms with E-state index in [1.165, 1.54) is 13.2 Å². The maximum atomic E-state index is 11.3. The Morgan fingerprint density at radius 3 is 2.83 bits per heavy atom. The quantitative estimate of drug-likeness (QED) is 0.400. The summed E-state index contributed by atoms with van der Waals surface area (Å²) in [5.74, 6) is 0.665. The molecule has 0 aliphatic rings. The standard InChI is InChI=1S/C18H16ClN7O2S/c1-26(29(27)28)16-5-3-2-4-14(16)23-17-13(19)10-20-18(24-17)22-12-7-6-11-9-21-25-15(11)8-12/h2-10H,1H3,(H,21,25)(H,27,28)(H2,20,22,23,24)/p-1. The Kier molecular flexibility index (Phi) is 5.30. The van der Waals surface area contributed by atoms with E-state index in [2.05, 4.69) is 30.8 Å². The van der Waals surface area contributed by atoms with Gasteiger partial charge in [-0.3, -0.25) is 9.31 Å². The van der Waals surface area contributed by atoms with Crippen molar-refractivity contribution in [2.24, 2.45) is 0 Å². The number of hydrogen-bond donors (Lipinski definition) is 3. The Morgan fingerprint density at radius 1 is 1.17 bits per heavy atom. The average molecular weight is 429 g/mol. The molecule has 1 atom stereocenters. The molecule has 1 unspecified atom stereocenters. The maximum Gasteiger partial charge on any atom is 0.229 e. The first-order valence-electron chi connectivity index (χ1n) is 8.43. The van der Waals surface area contributed by atoms with Crippen molar-refractivity contribution in [2.45, 2.75) is 0 Å². The Morgan fingerprint density at radius 2 is 2.00 bits per heavy atom. The van der Waals surface area contributed by atoms with E-state index in [0.717, 1.165) is 20.9 Å². The molecule has 11 heteroatoms. The van der Waals surface area contributed by atoms with Crippen molar-refractivity contribution in [2.75, 3.05) is 22.0 Å². The monoisotopic (exact) mass is 428 g/mol. The number of aromatic amines is 1. The first-order chi connectivity index (χ1) is 14.0. The third-order valence-corrected chi connectivity index (χ3v) is 5.08. The van der Waals surface area contributed by atoms with E-state index in [1.54, 1.807) is 30.5 Å². The van der Waals surface area contributed by atoms with E-state index >= 15 is 0 Å². The molecule has 0 aliphatic heterocycles. The zero-order valence-electron chi connectivity index (χ0n) is 15.1. The van der Waals surface area contributed by atoms with Gasteiger partial charge in [0.1, 0.15) is 5.02 Å². The number of H-pyrrole nitrogens is 1. The maximum absolute atomic E-state index is 11.3. The summed E-state index contributed by atoms with van der Waals surface area (Å²) >= 11 is 3.83. The number of rotatable bonds is 6. The lowest BCUT2D eigenvalue weighted by molar-refractivity contribution is 0.535. The van der Waals surface area contributed by atoms with Gasteiger partial charge in [0, 0.05) is 29.4 Å². The van der Waals surface area contributed by atoms with E-state index in [9.17, 15) is 8.76 Å². The molecule has 0 radical (unpaired) electrons. The van der Waals surface area contributed by atoms with Crippen LogP contribution in [0.5, 0.6) is 0 Å². The van der Waals surface area contributed by atoms with Crippen LogP contribution >= 0.6 is 11.6 Å². The zero-order chi connectivity index (χ0) is 20.4. The summed E-state index contributed by atoms with van der Waals surface area (Å²) in [6, 6.07) is 12.6. The highest BCUT2D eigenvalue weighted by Gasteiger charge is 2.12. The number of anilines is 5. The van der Waals surface area contributed by atoms with Crippen LogP contribution in [0.2, 0.25) is 5.02 Å². The molecule has 0 aliphatic carbocycles. The normalized spacial score (nSPS) is 12.0. The first kappa shape index (κ1) is 19.1. The second-order valence-electron chi connectivity index (χ2n) is 6.04. The summed E-state index contributed by atoms with van der Waals surface area (Å²) in [4.78, 5) is 8.61. The van der Waals surface area contributed by atoms with Gasteiger partial charge in [0.05, 0.1) is 29.3 Å². The van der Waals surface area contributed by atoms with Gasteiger partial charge < -0.3 is 19.5 Å². The molecule has 0 saturated heterocycles. The molecule has 2 aromatic heterocycles. The summed E-state index contributed by atoms with van der Waals surface area (Å²) in [6.45, 7) is 0. The summed E-state index contributed by atoms with van der Waals surface area (Å²) in [6.07, 6.45) is 3.20. The Hall–Kier alpha value is -3.21. The minimum absolute atomic E-state index is 0.292. The summed E-state index contributed by atoms with van der Waals surface area (Å²) in [5.41, 5.74) is 2.64. The van der Waals surface area contributed by atoms with Crippen molar-refractivity contribution >= 4 is 62.6 Å². The van der Waals surface area contributed by atoms with Gasteiger partial charge >= 0.3 is 0 Å². The zero-order valence-corrected chi connectivity index (χ0v) is 16.7. The fourth-order valence-corrected chi connectivity index (χ4v) is 3.18. The molecular weight excluding hydrogens is 414 g/mol. The van der Waals surface area contributed by atoms with E-state index < -0.39 is 11.3 Å². The summed E-state index contributed by atoms with van der Waals surface area (Å²) in [7, 11) is 1.45. The molecule has 148 valence electrons. The highest BCUT2D eigenvalue weighted by atomic mass is 35.5. The van der Waals surface area contributed by atoms with Gasteiger partial charge in [-0.2, -0.15) is 10.1 Å². The topological polar surface area (TPSA) is 122 Å². The number of aromatic nitrogens is 4. The van der Waals surface area contributed by atoms with Crippen molar-refractivity contribution in [3.05, 3.63) is 59.9 Å². The van der Waals surface area contributed by atoms with E-state index in [1.807, 2.05) is 18.2 Å². The highest BCUT2D eigenvalue weighted by Crippen LogP contribution is 2.31. The minimum Gasteiger partial charge on any atom is -0.755 e.